The number of benzene rings is 2. The fourth-order valence-electron chi connectivity index (χ4n) is 2.64. The fourth-order valence-corrected chi connectivity index (χ4v) is 2.64. The molecule has 1 atom stereocenters. The summed E-state index contributed by atoms with van der Waals surface area (Å²) in [6.07, 6.45) is 3.39. The second-order valence-corrected chi connectivity index (χ2v) is 4.83. The van der Waals surface area contributed by atoms with Crippen molar-refractivity contribution < 1.29 is 5.11 Å². The highest BCUT2D eigenvalue weighted by atomic mass is 16.3. The highest BCUT2D eigenvalue weighted by Gasteiger charge is 2.16. The SMILES string of the molecule is Oc1cc2ccccc2cc1CC1CCCN1. The van der Waals surface area contributed by atoms with Gasteiger partial charge in [-0.25, -0.2) is 0 Å². The van der Waals surface area contributed by atoms with Gasteiger partial charge in [-0.15, -0.1) is 0 Å². The fraction of sp³-hybridized carbons (Fsp3) is 0.333. The lowest BCUT2D eigenvalue weighted by Crippen LogP contribution is -2.23. The Morgan fingerprint density at radius 3 is 2.65 bits per heavy atom. The molecule has 1 fully saturated rings. The number of phenols is 1. The van der Waals surface area contributed by atoms with Crippen LogP contribution in [0.15, 0.2) is 36.4 Å². The number of hydrogen-bond donors (Lipinski definition) is 2. The van der Waals surface area contributed by atoms with Crippen molar-refractivity contribution in [3.8, 4) is 5.75 Å². The highest BCUT2D eigenvalue weighted by molar-refractivity contribution is 5.84. The van der Waals surface area contributed by atoms with Crippen molar-refractivity contribution in [2.45, 2.75) is 25.3 Å². The smallest absolute Gasteiger partial charge is 0.119 e. The second-order valence-electron chi connectivity index (χ2n) is 4.83. The van der Waals surface area contributed by atoms with Gasteiger partial charge in [0.1, 0.15) is 5.75 Å². The molecule has 2 aromatic rings. The molecule has 2 N–H and O–H groups in total. The van der Waals surface area contributed by atoms with Crippen LogP contribution in [0.1, 0.15) is 18.4 Å². The molecule has 1 aliphatic heterocycles. The van der Waals surface area contributed by atoms with Crippen LogP contribution in [0.25, 0.3) is 10.8 Å². The van der Waals surface area contributed by atoms with E-state index in [9.17, 15) is 5.11 Å². The first-order valence-electron chi connectivity index (χ1n) is 6.27. The van der Waals surface area contributed by atoms with E-state index in [0.29, 0.717) is 11.8 Å². The minimum Gasteiger partial charge on any atom is -0.508 e. The standard InChI is InChI=1S/C15H17NO/c17-15-10-12-5-2-1-4-11(12)8-13(15)9-14-6-3-7-16-14/h1-2,4-5,8,10,14,16-17H,3,6-7,9H2. The van der Waals surface area contributed by atoms with Gasteiger partial charge in [-0.2, -0.15) is 0 Å². The second kappa shape index (κ2) is 4.38. The molecule has 0 amide bonds. The molecule has 0 spiro atoms. The Hall–Kier alpha value is -1.54. The molecule has 0 saturated carbocycles. The van der Waals surface area contributed by atoms with Crippen LogP contribution in [0.2, 0.25) is 0 Å². The summed E-state index contributed by atoms with van der Waals surface area (Å²) in [5, 5.41) is 15.8. The van der Waals surface area contributed by atoms with E-state index in [1.807, 2.05) is 24.3 Å². The summed E-state index contributed by atoms with van der Waals surface area (Å²) in [6, 6.07) is 12.7. The van der Waals surface area contributed by atoms with E-state index < -0.39 is 0 Å². The molecule has 0 aliphatic carbocycles. The lowest BCUT2D eigenvalue weighted by Gasteiger charge is -2.12. The molecule has 17 heavy (non-hydrogen) atoms. The summed E-state index contributed by atoms with van der Waals surface area (Å²) in [5.41, 5.74) is 1.06. The van der Waals surface area contributed by atoms with Crippen molar-refractivity contribution in [1.82, 2.24) is 5.32 Å². The van der Waals surface area contributed by atoms with Gasteiger partial charge in [0.2, 0.25) is 0 Å². The molecular formula is C15H17NO. The van der Waals surface area contributed by atoms with Crippen LogP contribution in [-0.4, -0.2) is 17.7 Å². The maximum absolute atomic E-state index is 10.0. The van der Waals surface area contributed by atoms with Crippen LogP contribution >= 0.6 is 0 Å². The van der Waals surface area contributed by atoms with Crippen LogP contribution in [0.4, 0.5) is 0 Å². The van der Waals surface area contributed by atoms with Gasteiger partial charge >= 0.3 is 0 Å². The van der Waals surface area contributed by atoms with E-state index in [2.05, 4.69) is 17.4 Å². The highest BCUT2D eigenvalue weighted by Crippen LogP contribution is 2.27. The van der Waals surface area contributed by atoms with Gasteiger partial charge in [0.05, 0.1) is 0 Å². The predicted octanol–water partition coefficient (Wildman–Crippen LogP) is 2.84. The molecule has 2 aromatic carbocycles. The molecule has 1 aliphatic rings. The third-order valence-corrected chi connectivity index (χ3v) is 3.58. The minimum absolute atomic E-state index is 0.428. The van der Waals surface area contributed by atoms with Crippen molar-refractivity contribution in [2.75, 3.05) is 6.54 Å². The topological polar surface area (TPSA) is 32.3 Å². The third kappa shape index (κ3) is 2.13. The molecular weight excluding hydrogens is 210 g/mol. The summed E-state index contributed by atoms with van der Waals surface area (Å²) in [7, 11) is 0. The molecule has 0 aromatic heterocycles. The number of aromatic hydroxyl groups is 1. The Labute approximate surface area is 101 Å². The Bertz CT molecular complexity index is 529. The van der Waals surface area contributed by atoms with Crippen LogP contribution < -0.4 is 5.32 Å². The van der Waals surface area contributed by atoms with Gasteiger partial charge in [-0.3, -0.25) is 0 Å². The number of fused-ring (bicyclic) bond motifs is 1. The maximum atomic E-state index is 10.0. The Kier molecular flexibility index (Phi) is 2.73. The minimum atomic E-state index is 0.428. The maximum Gasteiger partial charge on any atom is 0.119 e. The zero-order valence-electron chi connectivity index (χ0n) is 9.82. The summed E-state index contributed by atoms with van der Waals surface area (Å²) < 4.78 is 0. The number of hydrogen-bond acceptors (Lipinski definition) is 2. The first-order valence-corrected chi connectivity index (χ1v) is 6.27. The monoisotopic (exact) mass is 227 g/mol. The van der Waals surface area contributed by atoms with Gasteiger partial charge < -0.3 is 10.4 Å². The Morgan fingerprint density at radius 2 is 1.94 bits per heavy atom. The van der Waals surface area contributed by atoms with Crippen molar-refractivity contribution in [3.63, 3.8) is 0 Å². The Morgan fingerprint density at radius 1 is 1.18 bits per heavy atom. The number of nitrogens with one attached hydrogen (secondary N) is 1. The zero-order chi connectivity index (χ0) is 11.7. The molecule has 1 saturated heterocycles. The quantitative estimate of drug-likeness (QED) is 0.827. The molecule has 88 valence electrons. The molecule has 0 bridgehead atoms. The average molecular weight is 227 g/mol. The van der Waals surface area contributed by atoms with Crippen molar-refractivity contribution >= 4 is 10.8 Å². The average Bonchev–Trinajstić information content (AvgIpc) is 2.83. The normalized spacial score (nSPS) is 19.9. The number of rotatable bonds is 2. The first kappa shape index (κ1) is 10.6. The molecule has 0 radical (unpaired) electrons. The van der Waals surface area contributed by atoms with E-state index in [4.69, 9.17) is 0 Å². The molecule has 2 nitrogen and oxygen atoms in total. The summed E-state index contributed by atoms with van der Waals surface area (Å²) in [6.45, 7) is 1.11. The van der Waals surface area contributed by atoms with Crippen LogP contribution in [0.3, 0.4) is 0 Å². The molecule has 3 rings (SSSR count). The van der Waals surface area contributed by atoms with E-state index in [0.717, 1.165) is 23.9 Å². The van der Waals surface area contributed by atoms with E-state index in [-0.39, 0.29) is 0 Å². The summed E-state index contributed by atoms with van der Waals surface area (Å²) in [4.78, 5) is 0. The zero-order valence-corrected chi connectivity index (χ0v) is 9.82. The van der Waals surface area contributed by atoms with Crippen LogP contribution in [0, 0.1) is 0 Å². The van der Waals surface area contributed by atoms with E-state index in [1.54, 1.807) is 0 Å². The number of phenolic OH excluding ortho intramolecular Hbond substituents is 1. The first-order chi connectivity index (χ1) is 8.33. The van der Waals surface area contributed by atoms with Gasteiger partial charge in [-0.05, 0) is 54.3 Å². The largest absolute Gasteiger partial charge is 0.508 e. The summed E-state index contributed by atoms with van der Waals surface area (Å²) >= 11 is 0. The van der Waals surface area contributed by atoms with E-state index in [1.165, 1.54) is 18.2 Å². The van der Waals surface area contributed by atoms with Gasteiger partial charge in [0.25, 0.3) is 0 Å². The summed E-state index contributed by atoms with van der Waals surface area (Å²) in [5.74, 6) is 0.428. The Balaban J connectivity index is 1.95. The van der Waals surface area contributed by atoms with Crippen LogP contribution in [0.5, 0.6) is 5.75 Å². The van der Waals surface area contributed by atoms with Crippen LogP contribution in [-0.2, 0) is 6.42 Å². The third-order valence-electron chi connectivity index (χ3n) is 3.58. The van der Waals surface area contributed by atoms with Crippen molar-refractivity contribution in [3.05, 3.63) is 42.0 Å². The van der Waals surface area contributed by atoms with E-state index >= 15 is 0 Å². The lowest BCUT2D eigenvalue weighted by molar-refractivity contribution is 0.463. The van der Waals surface area contributed by atoms with Gasteiger partial charge in [-0.1, -0.05) is 24.3 Å². The van der Waals surface area contributed by atoms with Gasteiger partial charge in [0.15, 0.2) is 0 Å². The van der Waals surface area contributed by atoms with Gasteiger partial charge in [0, 0.05) is 6.04 Å². The van der Waals surface area contributed by atoms with Crippen molar-refractivity contribution in [2.24, 2.45) is 0 Å². The molecule has 2 heteroatoms. The predicted molar refractivity (Wildman–Crippen MR) is 70.3 cm³/mol. The van der Waals surface area contributed by atoms with Crippen molar-refractivity contribution in [1.29, 1.82) is 0 Å². The molecule has 1 unspecified atom stereocenters. The lowest BCUT2D eigenvalue weighted by atomic mass is 10.00. The molecule has 1 heterocycles.